The Balaban J connectivity index is 1.43. The van der Waals surface area contributed by atoms with E-state index in [-0.39, 0.29) is 0 Å². The third-order valence-electron chi connectivity index (χ3n) is 5.97. The molecule has 0 radical (unpaired) electrons. The predicted molar refractivity (Wildman–Crippen MR) is 91.0 cm³/mol. The summed E-state index contributed by atoms with van der Waals surface area (Å²) < 4.78 is 5.51. The van der Waals surface area contributed by atoms with E-state index in [4.69, 9.17) is 16.3 Å². The van der Waals surface area contributed by atoms with Gasteiger partial charge in [-0.15, -0.1) is 0 Å². The van der Waals surface area contributed by atoms with Crippen LogP contribution in [0.25, 0.3) is 0 Å². The molecule has 4 heteroatoms. The zero-order valence-corrected chi connectivity index (χ0v) is 14.1. The molecule has 1 heterocycles. The molecule has 2 saturated carbocycles. The summed E-state index contributed by atoms with van der Waals surface area (Å²) in [5.41, 5.74) is 1.14. The highest BCUT2D eigenvalue weighted by molar-refractivity contribution is 6.30. The van der Waals surface area contributed by atoms with Gasteiger partial charge in [-0.05, 0) is 49.3 Å². The van der Waals surface area contributed by atoms with Crippen molar-refractivity contribution in [2.45, 2.75) is 31.7 Å². The molecule has 1 aliphatic heterocycles. The minimum absolute atomic E-state index is 0.784. The average molecular weight is 321 g/mol. The molecule has 1 aromatic rings. The Hall–Kier alpha value is -0.930. The molecule has 1 saturated heterocycles. The molecule has 0 spiro atoms. The fourth-order valence-electron chi connectivity index (χ4n) is 4.86. The Morgan fingerprint density at radius 2 is 1.91 bits per heavy atom. The number of methoxy groups -OCH3 is 1. The molecule has 22 heavy (non-hydrogen) atoms. The number of hydrogen-bond acceptors (Lipinski definition) is 3. The molecule has 0 amide bonds. The number of rotatable bonds is 3. The molecule has 4 rings (SSSR count). The first-order chi connectivity index (χ1) is 10.7. The maximum absolute atomic E-state index is 6.18. The summed E-state index contributed by atoms with van der Waals surface area (Å²) in [5.74, 6) is 2.94. The predicted octanol–water partition coefficient (Wildman–Crippen LogP) is 3.66. The first-order valence-electron chi connectivity index (χ1n) is 8.57. The van der Waals surface area contributed by atoms with Crippen LogP contribution in [-0.2, 0) is 0 Å². The molecule has 1 aromatic carbocycles. The normalized spacial score (nSPS) is 31.7. The highest BCUT2D eigenvalue weighted by Crippen LogP contribution is 2.47. The van der Waals surface area contributed by atoms with Crippen LogP contribution >= 0.6 is 11.6 Å². The van der Waals surface area contributed by atoms with Gasteiger partial charge in [-0.25, -0.2) is 0 Å². The summed E-state index contributed by atoms with van der Waals surface area (Å²) in [6.45, 7) is 4.49. The van der Waals surface area contributed by atoms with Crippen molar-refractivity contribution in [1.82, 2.24) is 4.90 Å². The van der Waals surface area contributed by atoms with E-state index >= 15 is 0 Å². The molecule has 3 aliphatic rings. The molecule has 0 aromatic heterocycles. The molecule has 3 unspecified atom stereocenters. The Kier molecular flexibility index (Phi) is 3.95. The van der Waals surface area contributed by atoms with Crippen molar-refractivity contribution < 1.29 is 4.74 Å². The minimum atomic E-state index is 0.784. The molecular formula is C18H25ClN2O. The van der Waals surface area contributed by atoms with Gasteiger partial charge in [0.1, 0.15) is 5.75 Å². The van der Waals surface area contributed by atoms with Crippen LogP contribution in [0.3, 0.4) is 0 Å². The topological polar surface area (TPSA) is 15.7 Å². The summed E-state index contributed by atoms with van der Waals surface area (Å²) in [4.78, 5) is 5.17. The zero-order valence-electron chi connectivity index (χ0n) is 13.3. The van der Waals surface area contributed by atoms with Crippen molar-refractivity contribution in [2.24, 2.45) is 11.8 Å². The van der Waals surface area contributed by atoms with Crippen LogP contribution in [0, 0.1) is 11.8 Å². The van der Waals surface area contributed by atoms with Crippen LogP contribution in [0.5, 0.6) is 5.75 Å². The van der Waals surface area contributed by atoms with E-state index in [1.165, 1.54) is 38.8 Å². The lowest BCUT2D eigenvalue weighted by Crippen LogP contribution is -2.51. The highest BCUT2D eigenvalue weighted by atomic mass is 35.5. The molecule has 2 aliphatic carbocycles. The smallest absolute Gasteiger partial charge is 0.142 e. The van der Waals surface area contributed by atoms with E-state index in [1.807, 2.05) is 18.2 Å². The lowest BCUT2D eigenvalue weighted by atomic mass is 9.93. The van der Waals surface area contributed by atoms with Crippen LogP contribution in [0.2, 0.25) is 5.02 Å². The summed E-state index contributed by atoms with van der Waals surface area (Å²) in [6.07, 6.45) is 5.90. The lowest BCUT2D eigenvalue weighted by molar-refractivity contribution is 0.135. The number of benzene rings is 1. The van der Waals surface area contributed by atoms with Crippen LogP contribution in [0.1, 0.15) is 25.7 Å². The van der Waals surface area contributed by atoms with E-state index in [1.54, 1.807) is 7.11 Å². The van der Waals surface area contributed by atoms with Crippen molar-refractivity contribution in [2.75, 3.05) is 38.2 Å². The van der Waals surface area contributed by atoms with Gasteiger partial charge in [0.25, 0.3) is 0 Å². The van der Waals surface area contributed by atoms with Gasteiger partial charge in [-0.3, -0.25) is 4.90 Å². The van der Waals surface area contributed by atoms with Crippen LogP contribution in [0.4, 0.5) is 5.69 Å². The van der Waals surface area contributed by atoms with Crippen LogP contribution < -0.4 is 9.64 Å². The highest BCUT2D eigenvalue weighted by Gasteiger charge is 2.42. The molecular weight excluding hydrogens is 296 g/mol. The second kappa shape index (κ2) is 5.93. The number of halogens is 1. The number of fused-ring (bicyclic) bond motifs is 2. The van der Waals surface area contributed by atoms with Gasteiger partial charge < -0.3 is 9.64 Å². The summed E-state index contributed by atoms with van der Waals surface area (Å²) in [6, 6.07) is 6.77. The fourth-order valence-corrected chi connectivity index (χ4v) is 5.03. The van der Waals surface area contributed by atoms with Gasteiger partial charge in [-0.2, -0.15) is 0 Å². The zero-order chi connectivity index (χ0) is 15.1. The van der Waals surface area contributed by atoms with E-state index in [9.17, 15) is 0 Å². The number of ether oxygens (including phenoxy) is 1. The maximum atomic E-state index is 6.18. The van der Waals surface area contributed by atoms with Gasteiger partial charge in [0.05, 0.1) is 12.8 Å². The number of hydrogen-bond donors (Lipinski definition) is 0. The van der Waals surface area contributed by atoms with Crippen molar-refractivity contribution in [3.05, 3.63) is 23.2 Å². The van der Waals surface area contributed by atoms with Crippen molar-refractivity contribution in [3.63, 3.8) is 0 Å². The van der Waals surface area contributed by atoms with Crippen LogP contribution in [0.15, 0.2) is 18.2 Å². The van der Waals surface area contributed by atoms with E-state index in [0.29, 0.717) is 0 Å². The summed E-state index contributed by atoms with van der Waals surface area (Å²) in [7, 11) is 1.73. The van der Waals surface area contributed by atoms with E-state index in [0.717, 1.165) is 47.4 Å². The van der Waals surface area contributed by atoms with Gasteiger partial charge in [0.2, 0.25) is 0 Å². The van der Waals surface area contributed by atoms with Crippen molar-refractivity contribution in [1.29, 1.82) is 0 Å². The molecule has 2 bridgehead atoms. The van der Waals surface area contributed by atoms with E-state index < -0.39 is 0 Å². The Labute approximate surface area is 138 Å². The SMILES string of the molecule is COc1ccc(Cl)cc1N1CCN(C2CC3CCC2C3)CC1. The number of nitrogens with zero attached hydrogens (tertiary/aromatic N) is 2. The second-order valence-electron chi connectivity index (χ2n) is 7.08. The largest absolute Gasteiger partial charge is 0.495 e. The third-order valence-corrected chi connectivity index (χ3v) is 6.20. The third kappa shape index (κ3) is 2.59. The van der Waals surface area contributed by atoms with Gasteiger partial charge in [0.15, 0.2) is 0 Å². The van der Waals surface area contributed by atoms with Gasteiger partial charge in [-0.1, -0.05) is 18.0 Å². The Bertz CT molecular complexity index is 542. The van der Waals surface area contributed by atoms with Gasteiger partial charge in [0, 0.05) is 37.2 Å². The van der Waals surface area contributed by atoms with Crippen molar-refractivity contribution >= 4 is 17.3 Å². The maximum Gasteiger partial charge on any atom is 0.142 e. The Morgan fingerprint density at radius 3 is 2.55 bits per heavy atom. The minimum Gasteiger partial charge on any atom is -0.495 e. The monoisotopic (exact) mass is 320 g/mol. The first-order valence-corrected chi connectivity index (χ1v) is 8.95. The molecule has 3 fully saturated rings. The average Bonchev–Trinajstić information content (AvgIpc) is 3.18. The lowest BCUT2D eigenvalue weighted by Gasteiger charge is -2.42. The van der Waals surface area contributed by atoms with E-state index in [2.05, 4.69) is 9.80 Å². The fraction of sp³-hybridized carbons (Fsp3) is 0.667. The molecule has 3 nitrogen and oxygen atoms in total. The molecule has 0 N–H and O–H groups in total. The standard InChI is InChI=1S/C18H25ClN2O/c1-22-18-5-4-15(19)12-17(18)21-8-6-20(7-9-21)16-11-13-2-3-14(16)10-13/h4-5,12-14,16H,2-3,6-11H2,1H3. The molecule has 3 atom stereocenters. The summed E-state index contributed by atoms with van der Waals surface area (Å²) >= 11 is 6.18. The second-order valence-corrected chi connectivity index (χ2v) is 7.52. The van der Waals surface area contributed by atoms with Crippen molar-refractivity contribution in [3.8, 4) is 5.75 Å². The Morgan fingerprint density at radius 1 is 1.09 bits per heavy atom. The number of piperazine rings is 1. The summed E-state index contributed by atoms with van der Waals surface area (Å²) in [5, 5.41) is 0.784. The van der Waals surface area contributed by atoms with Crippen LogP contribution in [-0.4, -0.2) is 44.2 Å². The number of anilines is 1. The molecule has 120 valence electrons. The first kappa shape index (κ1) is 14.6. The van der Waals surface area contributed by atoms with Gasteiger partial charge >= 0.3 is 0 Å². The quantitative estimate of drug-likeness (QED) is 0.845.